The number of amides is 1. The maximum Gasteiger partial charge on any atom is 0.281 e. The summed E-state index contributed by atoms with van der Waals surface area (Å²) in [6.45, 7) is 6.91. The summed E-state index contributed by atoms with van der Waals surface area (Å²) in [5, 5.41) is 0.423. The van der Waals surface area contributed by atoms with Gasteiger partial charge in [-0.2, -0.15) is 0 Å². The van der Waals surface area contributed by atoms with E-state index in [1.165, 1.54) is 4.90 Å². The first kappa shape index (κ1) is 21.6. The Morgan fingerprint density at radius 1 is 1.03 bits per heavy atom. The van der Waals surface area contributed by atoms with Crippen molar-refractivity contribution in [2.75, 3.05) is 32.3 Å². The number of hydrogen-bond acceptors (Lipinski definition) is 5. The zero-order valence-electron chi connectivity index (χ0n) is 17.9. The molecular weight excluding hydrogens is 400 g/mol. The fourth-order valence-electron chi connectivity index (χ4n) is 3.25. The average Bonchev–Trinajstić information content (AvgIpc) is 2.94. The molecule has 0 N–H and O–H groups in total. The van der Waals surface area contributed by atoms with Crippen molar-refractivity contribution < 1.29 is 19.0 Å². The molecule has 0 spiro atoms. The van der Waals surface area contributed by atoms with Gasteiger partial charge in [0.15, 0.2) is 16.6 Å². The lowest BCUT2D eigenvalue weighted by molar-refractivity contribution is -0.114. The molecule has 1 fully saturated rings. The first-order chi connectivity index (χ1) is 14.4. The number of rotatable bonds is 7. The van der Waals surface area contributed by atoms with Crippen LogP contribution in [0.5, 0.6) is 17.2 Å². The van der Waals surface area contributed by atoms with Crippen molar-refractivity contribution in [2.45, 2.75) is 20.8 Å². The molecule has 0 radical (unpaired) electrons. The minimum absolute atomic E-state index is 0.181. The second-order valence-electron chi connectivity index (χ2n) is 6.73. The van der Waals surface area contributed by atoms with Crippen molar-refractivity contribution in [3.8, 4) is 17.2 Å². The van der Waals surface area contributed by atoms with E-state index in [1.807, 2.05) is 63.2 Å². The summed E-state index contributed by atoms with van der Waals surface area (Å²) in [5.74, 6) is 1.87. The summed E-state index contributed by atoms with van der Waals surface area (Å²) < 4.78 is 16.6. The van der Waals surface area contributed by atoms with E-state index < -0.39 is 0 Å². The van der Waals surface area contributed by atoms with Gasteiger partial charge in [0.1, 0.15) is 11.4 Å². The van der Waals surface area contributed by atoms with E-state index in [0.717, 1.165) is 16.9 Å². The molecule has 3 rings (SSSR count). The lowest BCUT2D eigenvalue weighted by Crippen LogP contribution is -2.31. The molecule has 1 heterocycles. The highest BCUT2D eigenvalue weighted by molar-refractivity contribution is 7.80. The Bertz CT molecular complexity index is 985. The molecule has 1 aliphatic rings. The quantitative estimate of drug-likeness (QED) is 0.483. The second-order valence-corrected chi connectivity index (χ2v) is 7.10. The van der Waals surface area contributed by atoms with Crippen molar-refractivity contribution in [2.24, 2.45) is 0 Å². The Morgan fingerprint density at radius 3 is 2.30 bits per heavy atom. The molecule has 0 aromatic heterocycles. The number of ether oxygens (including phenoxy) is 3. The number of hydrogen-bond donors (Lipinski definition) is 0. The van der Waals surface area contributed by atoms with Crippen molar-refractivity contribution in [3.63, 3.8) is 0 Å². The predicted octanol–water partition coefficient (Wildman–Crippen LogP) is 4.41. The van der Waals surface area contributed by atoms with E-state index in [2.05, 4.69) is 0 Å². The highest BCUT2D eigenvalue weighted by Gasteiger charge is 2.36. The number of benzene rings is 2. The monoisotopic (exact) mass is 426 g/mol. The Morgan fingerprint density at radius 2 is 1.70 bits per heavy atom. The smallest absolute Gasteiger partial charge is 0.281 e. The van der Waals surface area contributed by atoms with E-state index in [1.54, 1.807) is 19.1 Å². The van der Waals surface area contributed by atoms with Gasteiger partial charge in [0.2, 0.25) is 0 Å². The summed E-state index contributed by atoms with van der Waals surface area (Å²) in [5.41, 5.74) is 3.02. The summed E-state index contributed by atoms with van der Waals surface area (Å²) in [6, 6.07) is 11.1. The van der Waals surface area contributed by atoms with Gasteiger partial charge in [-0.05, 0) is 86.6 Å². The second kappa shape index (κ2) is 9.17. The van der Waals surface area contributed by atoms with Gasteiger partial charge in [-0.3, -0.25) is 9.69 Å². The van der Waals surface area contributed by atoms with Crippen molar-refractivity contribution in [1.82, 2.24) is 4.90 Å². The normalized spacial score (nSPS) is 15.2. The molecule has 2 aromatic rings. The molecule has 6 nitrogen and oxygen atoms in total. The van der Waals surface area contributed by atoms with E-state index in [-0.39, 0.29) is 5.91 Å². The molecule has 7 heteroatoms. The predicted molar refractivity (Wildman–Crippen MR) is 122 cm³/mol. The highest BCUT2D eigenvalue weighted by atomic mass is 32.1. The minimum Gasteiger partial charge on any atom is -0.494 e. The first-order valence-electron chi connectivity index (χ1n) is 9.79. The fraction of sp³-hybridized carbons (Fsp3) is 0.304. The van der Waals surface area contributed by atoms with Crippen LogP contribution in [0.4, 0.5) is 5.69 Å². The zero-order valence-corrected chi connectivity index (χ0v) is 18.7. The van der Waals surface area contributed by atoms with Crippen LogP contribution in [0.2, 0.25) is 0 Å². The van der Waals surface area contributed by atoms with Crippen LogP contribution in [0.25, 0.3) is 6.08 Å². The summed E-state index contributed by atoms with van der Waals surface area (Å²) in [6.07, 6.45) is 1.83. The standard InChI is InChI=1S/C23H26N2O4S/c1-6-28-18-10-8-17(9-11-18)25-22(26)19(24(4)23(25)30)13-16-14-21(29-7-2)20(27-5)12-15(16)3/h8-14H,6-7H2,1-5H3/b19-13-. The van der Waals surface area contributed by atoms with Crippen molar-refractivity contribution in [1.29, 1.82) is 0 Å². The fourth-order valence-corrected chi connectivity index (χ4v) is 3.54. The Labute approximate surface area is 182 Å². The zero-order chi connectivity index (χ0) is 21.8. The van der Waals surface area contributed by atoms with E-state index >= 15 is 0 Å². The van der Waals surface area contributed by atoms with Crippen LogP contribution >= 0.6 is 12.2 Å². The third-order valence-corrected chi connectivity index (χ3v) is 5.27. The molecule has 1 aliphatic heterocycles. The highest BCUT2D eigenvalue weighted by Crippen LogP contribution is 2.34. The molecular formula is C23H26N2O4S. The van der Waals surface area contributed by atoms with Gasteiger partial charge in [0.25, 0.3) is 5.91 Å². The van der Waals surface area contributed by atoms with Gasteiger partial charge in [0, 0.05) is 7.05 Å². The van der Waals surface area contributed by atoms with Gasteiger partial charge in [0.05, 0.1) is 26.0 Å². The topological polar surface area (TPSA) is 51.2 Å². The number of carbonyl (C=O) groups excluding carboxylic acids is 1. The average molecular weight is 427 g/mol. The van der Waals surface area contributed by atoms with Gasteiger partial charge < -0.3 is 19.1 Å². The Hall–Kier alpha value is -3.06. The molecule has 0 saturated carbocycles. The summed E-state index contributed by atoms with van der Waals surface area (Å²) >= 11 is 5.55. The molecule has 1 saturated heterocycles. The number of anilines is 1. The van der Waals surface area contributed by atoms with E-state index in [9.17, 15) is 4.79 Å². The van der Waals surface area contributed by atoms with E-state index in [4.69, 9.17) is 26.4 Å². The molecule has 0 unspecified atom stereocenters. The molecule has 0 aliphatic carbocycles. The number of aryl methyl sites for hydroxylation is 1. The molecule has 0 bridgehead atoms. The maximum absolute atomic E-state index is 13.2. The van der Waals surface area contributed by atoms with Gasteiger partial charge in [-0.25, -0.2) is 0 Å². The summed E-state index contributed by atoms with van der Waals surface area (Å²) in [4.78, 5) is 16.5. The molecule has 30 heavy (non-hydrogen) atoms. The van der Waals surface area contributed by atoms with Gasteiger partial charge in [-0.15, -0.1) is 0 Å². The van der Waals surface area contributed by atoms with Crippen LogP contribution in [0, 0.1) is 6.92 Å². The van der Waals surface area contributed by atoms with Crippen LogP contribution < -0.4 is 19.1 Å². The third-order valence-electron chi connectivity index (χ3n) is 4.81. The lowest BCUT2D eigenvalue weighted by Gasteiger charge is -2.16. The van der Waals surface area contributed by atoms with Crippen LogP contribution in [0.1, 0.15) is 25.0 Å². The van der Waals surface area contributed by atoms with Crippen LogP contribution in [0.3, 0.4) is 0 Å². The number of thiocarbonyl (C=S) groups is 1. The largest absolute Gasteiger partial charge is 0.494 e. The van der Waals surface area contributed by atoms with Crippen molar-refractivity contribution >= 4 is 35.0 Å². The number of nitrogens with zero attached hydrogens (tertiary/aromatic N) is 2. The molecule has 158 valence electrons. The first-order valence-corrected chi connectivity index (χ1v) is 10.2. The maximum atomic E-state index is 13.2. The molecule has 0 atom stereocenters. The molecule has 2 aromatic carbocycles. The van der Waals surface area contributed by atoms with Gasteiger partial charge in [-0.1, -0.05) is 0 Å². The number of carbonyl (C=O) groups is 1. The Balaban J connectivity index is 1.97. The van der Waals surface area contributed by atoms with E-state index in [0.29, 0.717) is 41.2 Å². The minimum atomic E-state index is -0.181. The van der Waals surface area contributed by atoms with Crippen LogP contribution in [-0.2, 0) is 4.79 Å². The number of likely N-dealkylation sites (N-methyl/N-ethyl adjacent to an activating group) is 1. The Kier molecular flexibility index (Phi) is 6.62. The summed E-state index contributed by atoms with van der Waals surface area (Å²) in [7, 11) is 3.40. The van der Waals surface area contributed by atoms with Crippen LogP contribution in [-0.4, -0.2) is 43.3 Å². The lowest BCUT2D eigenvalue weighted by atomic mass is 10.1. The van der Waals surface area contributed by atoms with Crippen molar-refractivity contribution in [3.05, 3.63) is 53.2 Å². The SMILES string of the molecule is CCOc1ccc(N2C(=O)/C(=C/c3cc(OCC)c(OC)cc3C)N(C)C2=S)cc1. The van der Waals surface area contributed by atoms with Crippen LogP contribution in [0.15, 0.2) is 42.1 Å². The number of methoxy groups -OCH3 is 1. The third kappa shape index (κ3) is 4.11. The molecule has 1 amide bonds. The van der Waals surface area contributed by atoms with Gasteiger partial charge >= 0.3 is 0 Å².